The number of carbonyl (C=O) groups excluding carboxylic acids is 2. The predicted molar refractivity (Wildman–Crippen MR) is 112 cm³/mol. The summed E-state index contributed by atoms with van der Waals surface area (Å²) >= 11 is 12.3. The molecule has 0 aliphatic carbocycles. The van der Waals surface area contributed by atoms with Crippen LogP contribution < -0.4 is 15.8 Å². The minimum atomic E-state index is -0.948. The fraction of sp³-hybridized carbons (Fsp3) is 0.333. The summed E-state index contributed by atoms with van der Waals surface area (Å²) in [4.78, 5) is 23.6. The monoisotopic (exact) mass is 437 g/mol. The lowest BCUT2D eigenvalue weighted by molar-refractivity contribution is -0.122. The molecule has 0 unspecified atom stereocenters. The summed E-state index contributed by atoms with van der Waals surface area (Å²) in [6, 6.07) is 11.4. The Morgan fingerprint density at radius 3 is 2.21 bits per heavy atom. The van der Waals surface area contributed by atoms with Crippen LogP contribution >= 0.6 is 23.2 Å². The van der Waals surface area contributed by atoms with Crippen molar-refractivity contribution in [3.05, 3.63) is 63.6 Å². The summed E-state index contributed by atoms with van der Waals surface area (Å²) in [5.74, 6) is -0.115. The maximum atomic E-state index is 12.0. The molecule has 0 aromatic heterocycles. The van der Waals surface area contributed by atoms with Gasteiger partial charge in [-0.25, -0.2) is 4.79 Å². The van der Waals surface area contributed by atoms with Crippen molar-refractivity contribution in [2.45, 2.75) is 45.4 Å². The van der Waals surface area contributed by atoms with Crippen LogP contribution in [0.1, 0.15) is 31.9 Å². The molecule has 0 aliphatic rings. The minimum absolute atomic E-state index is 0.224. The van der Waals surface area contributed by atoms with Crippen LogP contribution in [0.3, 0.4) is 0 Å². The molecule has 155 valence electrons. The highest BCUT2D eigenvalue weighted by atomic mass is 35.5. The van der Waals surface area contributed by atoms with E-state index in [0.29, 0.717) is 21.4 Å². The summed E-state index contributed by atoms with van der Waals surface area (Å²) in [5, 5.41) is 4.45. The Kier molecular flexibility index (Phi) is 7.90. The van der Waals surface area contributed by atoms with Gasteiger partial charge in [-0.1, -0.05) is 41.4 Å². The second-order valence-corrected chi connectivity index (χ2v) is 8.19. The van der Waals surface area contributed by atoms with E-state index < -0.39 is 23.6 Å². The first-order chi connectivity index (χ1) is 13.5. The van der Waals surface area contributed by atoms with Gasteiger partial charge in [0.2, 0.25) is 0 Å². The lowest BCUT2D eigenvalue weighted by Gasteiger charge is -2.19. The first-order valence-electron chi connectivity index (χ1n) is 8.94. The third-order valence-corrected chi connectivity index (χ3v) is 4.44. The lowest BCUT2D eigenvalue weighted by atomic mass is 10.1. The number of hydrogen-bond acceptors (Lipinski definition) is 5. The van der Waals surface area contributed by atoms with Crippen molar-refractivity contribution >= 4 is 35.2 Å². The summed E-state index contributed by atoms with van der Waals surface area (Å²) in [6.45, 7) is 5.29. The SMILES string of the molecule is CC(C)(C)OC(=O)[N]C(=O)[C@@H](N)Cc1ccc(OCc2c(Cl)cccc2Cl)cc1. The van der Waals surface area contributed by atoms with Gasteiger partial charge in [0.05, 0.1) is 6.04 Å². The molecule has 8 heteroatoms. The van der Waals surface area contributed by atoms with E-state index in [2.05, 4.69) is 5.32 Å². The van der Waals surface area contributed by atoms with Gasteiger partial charge < -0.3 is 15.2 Å². The van der Waals surface area contributed by atoms with Gasteiger partial charge in [-0.2, -0.15) is 0 Å². The first-order valence-corrected chi connectivity index (χ1v) is 9.69. The topological polar surface area (TPSA) is 92.7 Å². The zero-order valence-electron chi connectivity index (χ0n) is 16.4. The van der Waals surface area contributed by atoms with Crippen LogP contribution in [0.5, 0.6) is 5.75 Å². The number of amides is 2. The molecular formula is C21H23Cl2N2O4. The molecule has 0 saturated heterocycles. The van der Waals surface area contributed by atoms with E-state index in [4.69, 9.17) is 38.4 Å². The smallest absolute Gasteiger partial charge is 0.437 e. The van der Waals surface area contributed by atoms with E-state index in [1.54, 1.807) is 63.2 Å². The summed E-state index contributed by atoms with van der Waals surface area (Å²) < 4.78 is 10.7. The van der Waals surface area contributed by atoms with Crippen LogP contribution in [0, 0.1) is 0 Å². The lowest BCUT2D eigenvalue weighted by Crippen LogP contribution is -2.42. The number of nitrogens with two attached hydrogens (primary N) is 1. The first kappa shape index (κ1) is 23.0. The van der Waals surface area contributed by atoms with Gasteiger partial charge in [0, 0.05) is 15.6 Å². The average Bonchev–Trinajstić information content (AvgIpc) is 2.61. The normalized spacial score (nSPS) is 12.2. The molecule has 2 aromatic carbocycles. The van der Waals surface area contributed by atoms with Gasteiger partial charge in [-0.15, -0.1) is 5.32 Å². The van der Waals surface area contributed by atoms with Gasteiger partial charge in [0.15, 0.2) is 0 Å². The molecule has 29 heavy (non-hydrogen) atoms. The molecule has 0 aliphatic heterocycles. The van der Waals surface area contributed by atoms with Crippen LogP contribution in [0.25, 0.3) is 0 Å². The van der Waals surface area contributed by atoms with Crippen LogP contribution in [0.15, 0.2) is 42.5 Å². The molecule has 2 aromatic rings. The summed E-state index contributed by atoms with van der Waals surface area (Å²) in [7, 11) is 0. The fourth-order valence-corrected chi connectivity index (χ4v) is 2.85. The Morgan fingerprint density at radius 2 is 1.66 bits per heavy atom. The number of rotatable bonds is 6. The Hall–Kier alpha value is -2.28. The molecule has 2 rings (SSSR count). The molecule has 1 radical (unpaired) electrons. The van der Waals surface area contributed by atoms with Gasteiger partial charge >= 0.3 is 6.09 Å². The maximum absolute atomic E-state index is 12.0. The molecule has 2 N–H and O–H groups in total. The molecule has 2 amide bonds. The van der Waals surface area contributed by atoms with Crippen molar-refractivity contribution in [1.82, 2.24) is 5.32 Å². The highest BCUT2D eigenvalue weighted by Crippen LogP contribution is 2.26. The Morgan fingerprint density at radius 1 is 1.07 bits per heavy atom. The Balaban J connectivity index is 1.88. The number of nitrogens with zero attached hydrogens (tertiary/aromatic N) is 1. The molecular weight excluding hydrogens is 415 g/mol. The highest BCUT2D eigenvalue weighted by Gasteiger charge is 2.23. The molecule has 1 atom stereocenters. The van der Waals surface area contributed by atoms with Crippen LogP contribution in [0.4, 0.5) is 4.79 Å². The minimum Gasteiger partial charge on any atom is -0.489 e. The largest absolute Gasteiger partial charge is 0.489 e. The fourth-order valence-electron chi connectivity index (χ4n) is 2.35. The van der Waals surface area contributed by atoms with Crippen molar-refractivity contribution in [2.24, 2.45) is 5.73 Å². The molecule has 0 spiro atoms. The molecule has 0 bridgehead atoms. The third-order valence-electron chi connectivity index (χ3n) is 3.74. The second-order valence-electron chi connectivity index (χ2n) is 7.37. The number of ether oxygens (including phenoxy) is 2. The molecule has 6 nitrogen and oxygen atoms in total. The van der Waals surface area contributed by atoms with E-state index in [1.807, 2.05) is 0 Å². The standard InChI is InChI=1S/C21H23Cl2N2O4/c1-21(2,3)29-20(27)25-19(26)18(24)11-13-7-9-14(10-8-13)28-12-15-16(22)5-4-6-17(15)23/h4-10,18H,11-12,24H2,1-3H3/t18-/m0/s1. The average molecular weight is 438 g/mol. The van der Waals surface area contributed by atoms with Gasteiger partial charge in [0.25, 0.3) is 5.91 Å². The van der Waals surface area contributed by atoms with Gasteiger partial charge in [0.1, 0.15) is 18.0 Å². The molecule has 0 heterocycles. The van der Waals surface area contributed by atoms with Crippen LogP contribution in [-0.2, 0) is 22.6 Å². The van der Waals surface area contributed by atoms with E-state index in [1.165, 1.54) is 0 Å². The van der Waals surface area contributed by atoms with Gasteiger partial charge in [-0.3, -0.25) is 4.79 Å². The second kappa shape index (κ2) is 9.96. The zero-order valence-corrected chi connectivity index (χ0v) is 18.0. The number of halogens is 2. The van der Waals surface area contributed by atoms with E-state index >= 15 is 0 Å². The van der Waals surface area contributed by atoms with E-state index in [0.717, 1.165) is 5.56 Å². The number of benzene rings is 2. The van der Waals surface area contributed by atoms with Crippen molar-refractivity contribution in [2.75, 3.05) is 0 Å². The molecule has 0 fully saturated rings. The maximum Gasteiger partial charge on any atom is 0.437 e. The van der Waals surface area contributed by atoms with Crippen molar-refractivity contribution < 1.29 is 19.1 Å². The van der Waals surface area contributed by atoms with E-state index in [9.17, 15) is 9.59 Å². The zero-order chi connectivity index (χ0) is 21.6. The third kappa shape index (κ3) is 7.57. The van der Waals surface area contributed by atoms with Crippen molar-refractivity contribution in [3.63, 3.8) is 0 Å². The Bertz CT molecular complexity index is 844. The number of imide groups is 1. The summed E-state index contributed by atoms with van der Waals surface area (Å²) in [5.41, 5.74) is 6.63. The van der Waals surface area contributed by atoms with Crippen LogP contribution in [0.2, 0.25) is 10.0 Å². The number of carbonyl (C=O) groups is 2. The number of hydrogen-bond donors (Lipinski definition) is 1. The van der Waals surface area contributed by atoms with E-state index in [-0.39, 0.29) is 13.0 Å². The quantitative estimate of drug-likeness (QED) is 0.717. The predicted octanol–water partition coefficient (Wildman–Crippen LogP) is 4.51. The highest BCUT2D eigenvalue weighted by molar-refractivity contribution is 6.35. The van der Waals surface area contributed by atoms with Crippen molar-refractivity contribution in [3.8, 4) is 5.75 Å². The molecule has 0 saturated carbocycles. The Labute approximate surface area is 180 Å². The van der Waals surface area contributed by atoms with Crippen LogP contribution in [-0.4, -0.2) is 23.6 Å². The van der Waals surface area contributed by atoms with Gasteiger partial charge in [-0.05, 0) is 57.0 Å². The summed E-state index contributed by atoms with van der Waals surface area (Å²) in [6.07, 6.45) is -0.721. The van der Waals surface area contributed by atoms with Crippen molar-refractivity contribution in [1.29, 1.82) is 0 Å².